The summed E-state index contributed by atoms with van der Waals surface area (Å²) in [6, 6.07) is 5.81. The minimum Gasteiger partial charge on any atom is -0.385 e. The third-order valence-corrected chi connectivity index (χ3v) is 9.04. The van der Waals surface area contributed by atoms with Gasteiger partial charge >= 0.3 is 6.18 Å². The van der Waals surface area contributed by atoms with Gasteiger partial charge in [0.25, 0.3) is 0 Å². The fourth-order valence-electron chi connectivity index (χ4n) is 6.51. The summed E-state index contributed by atoms with van der Waals surface area (Å²) < 4.78 is 45.1. The third kappa shape index (κ3) is 5.57. The number of nitrogens with zero attached hydrogens (tertiary/aromatic N) is 1. The quantitative estimate of drug-likeness (QED) is 0.539. The van der Waals surface area contributed by atoms with Crippen LogP contribution in [0.25, 0.3) is 0 Å². The van der Waals surface area contributed by atoms with Crippen LogP contribution in [-0.2, 0) is 16.5 Å². The Morgan fingerprint density at radius 3 is 2.49 bits per heavy atom. The number of hydrogen-bond acceptors (Lipinski definition) is 5. The Morgan fingerprint density at radius 2 is 1.86 bits per heavy atom. The fraction of sp³-hybridized carbons (Fsp3) is 0.778. The van der Waals surface area contributed by atoms with Crippen molar-refractivity contribution in [1.29, 1.82) is 0 Å². The molecule has 0 radical (unpaired) electrons. The minimum absolute atomic E-state index is 0.252. The van der Waals surface area contributed by atoms with Gasteiger partial charge in [-0.25, -0.2) is 0 Å². The van der Waals surface area contributed by atoms with Crippen LogP contribution in [0.4, 0.5) is 13.2 Å². The molecule has 0 bridgehead atoms. The molecule has 198 valence electrons. The first kappa shape index (κ1) is 26.9. The van der Waals surface area contributed by atoms with E-state index in [-0.39, 0.29) is 11.3 Å². The number of benzene rings is 1. The number of aliphatic hydroxyl groups excluding tert-OH is 1. The highest BCUT2D eigenvalue weighted by molar-refractivity contribution is 5.30. The molecular weight excluding hydrogens is 457 g/mol. The van der Waals surface area contributed by atoms with Gasteiger partial charge in [0.05, 0.1) is 17.8 Å². The molecule has 35 heavy (non-hydrogen) atoms. The SMILES string of the molecule is CC1COCCC1NC1CC[C@](C(C)C)([C@@H](O)N2CCC(O)(c3cccc(C(F)(F)F)c3)CC2)C1. The maximum Gasteiger partial charge on any atom is 0.416 e. The van der Waals surface area contributed by atoms with E-state index in [2.05, 4.69) is 26.1 Å². The van der Waals surface area contributed by atoms with E-state index in [0.29, 0.717) is 49.5 Å². The fourth-order valence-corrected chi connectivity index (χ4v) is 6.51. The van der Waals surface area contributed by atoms with Gasteiger partial charge in [-0.05, 0) is 68.1 Å². The van der Waals surface area contributed by atoms with Gasteiger partial charge in [0.15, 0.2) is 0 Å². The van der Waals surface area contributed by atoms with E-state index in [4.69, 9.17) is 4.74 Å². The van der Waals surface area contributed by atoms with Crippen LogP contribution in [-0.4, -0.2) is 59.7 Å². The van der Waals surface area contributed by atoms with E-state index < -0.39 is 23.6 Å². The topological polar surface area (TPSA) is 65.0 Å². The summed E-state index contributed by atoms with van der Waals surface area (Å²) in [5, 5.41) is 26.7. The molecule has 3 aliphatic rings. The van der Waals surface area contributed by atoms with Gasteiger partial charge in [-0.2, -0.15) is 13.2 Å². The van der Waals surface area contributed by atoms with Crippen molar-refractivity contribution < 1.29 is 28.1 Å². The van der Waals surface area contributed by atoms with Crippen molar-refractivity contribution in [2.75, 3.05) is 26.3 Å². The lowest BCUT2D eigenvalue weighted by Gasteiger charge is -2.48. The maximum absolute atomic E-state index is 13.2. The number of nitrogens with one attached hydrogen (secondary N) is 1. The van der Waals surface area contributed by atoms with E-state index in [1.807, 2.05) is 4.90 Å². The maximum atomic E-state index is 13.2. The van der Waals surface area contributed by atoms with Crippen molar-refractivity contribution in [1.82, 2.24) is 10.2 Å². The predicted molar refractivity (Wildman–Crippen MR) is 129 cm³/mol. The van der Waals surface area contributed by atoms with Gasteiger partial charge in [-0.3, -0.25) is 4.90 Å². The van der Waals surface area contributed by atoms with Crippen molar-refractivity contribution in [2.45, 2.75) is 89.4 Å². The monoisotopic (exact) mass is 498 g/mol. The van der Waals surface area contributed by atoms with E-state index in [0.717, 1.165) is 51.0 Å². The first-order valence-corrected chi connectivity index (χ1v) is 13.1. The number of alkyl halides is 3. The highest BCUT2D eigenvalue weighted by atomic mass is 19.4. The van der Waals surface area contributed by atoms with Crippen LogP contribution in [0.15, 0.2) is 24.3 Å². The Bertz CT molecular complexity index is 856. The third-order valence-electron chi connectivity index (χ3n) is 9.04. The Balaban J connectivity index is 1.41. The van der Waals surface area contributed by atoms with Crippen molar-refractivity contribution in [3.63, 3.8) is 0 Å². The van der Waals surface area contributed by atoms with E-state index >= 15 is 0 Å². The smallest absolute Gasteiger partial charge is 0.385 e. The van der Waals surface area contributed by atoms with Gasteiger partial charge in [0.1, 0.15) is 6.23 Å². The molecule has 0 spiro atoms. The van der Waals surface area contributed by atoms with E-state index in [1.54, 1.807) is 6.07 Å². The van der Waals surface area contributed by atoms with Crippen LogP contribution in [0.3, 0.4) is 0 Å². The second kappa shape index (κ2) is 10.3. The molecule has 1 aromatic carbocycles. The van der Waals surface area contributed by atoms with Crippen LogP contribution in [0.1, 0.15) is 70.4 Å². The molecule has 5 nitrogen and oxygen atoms in total. The zero-order chi connectivity index (χ0) is 25.4. The van der Waals surface area contributed by atoms with Crippen molar-refractivity contribution in [3.8, 4) is 0 Å². The normalized spacial score (nSPS) is 33.2. The van der Waals surface area contributed by atoms with Gasteiger partial charge in [-0.1, -0.05) is 32.9 Å². The van der Waals surface area contributed by atoms with Gasteiger partial charge in [-0.15, -0.1) is 0 Å². The number of halogens is 3. The number of aliphatic hydroxyl groups is 2. The molecule has 3 unspecified atom stereocenters. The van der Waals surface area contributed by atoms with Crippen molar-refractivity contribution >= 4 is 0 Å². The highest BCUT2D eigenvalue weighted by Crippen LogP contribution is 2.49. The molecule has 3 N–H and O–H groups in total. The Hall–Kier alpha value is -1.19. The molecule has 3 fully saturated rings. The zero-order valence-corrected chi connectivity index (χ0v) is 21.2. The molecule has 5 atom stereocenters. The Morgan fingerprint density at radius 1 is 1.14 bits per heavy atom. The Labute approximate surface area is 207 Å². The van der Waals surface area contributed by atoms with E-state index in [9.17, 15) is 23.4 Å². The average molecular weight is 499 g/mol. The molecule has 2 heterocycles. The highest BCUT2D eigenvalue weighted by Gasteiger charge is 2.50. The summed E-state index contributed by atoms with van der Waals surface area (Å²) >= 11 is 0. The number of ether oxygens (including phenoxy) is 1. The molecule has 0 amide bonds. The molecular formula is C27H41F3N2O3. The molecule has 1 saturated carbocycles. The van der Waals surface area contributed by atoms with Crippen LogP contribution in [0, 0.1) is 17.3 Å². The first-order chi connectivity index (χ1) is 16.4. The number of hydrogen-bond donors (Lipinski definition) is 3. The lowest BCUT2D eigenvalue weighted by molar-refractivity contribution is -0.142. The van der Waals surface area contributed by atoms with Crippen LogP contribution < -0.4 is 5.32 Å². The Kier molecular flexibility index (Phi) is 7.89. The summed E-state index contributed by atoms with van der Waals surface area (Å²) in [6.45, 7) is 9.02. The summed E-state index contributed by atoms with van der Waals surface area (Å²) in [4.78, 5) is 2.03. The van der Waals surface area contributed by atoms with Crippen molar-refractivity contribution in [3.05, 3.63) is 35.4 Å². The summed E-state index contributed by atoms with van der Waals surface area (Å²) in [5.41, 5.74) is -2.01. The predicted octanol–water partition coefficient (Wildman–Crippen LogP) is 4.52. The molecule has 8 heteroatoms. The van der Waals surface area contributed by atoms with E-state index in [1.165, 1.54) is 6.07 Å². The molecule has 4 rings (SSSR count). The largest absolute Gasteiger partial charge is 0.416 e. The van der Waals surface area contributed by atoms with Gasteiger partial charge in [0, 0.05) is 37.2 Å². The molecule has 1 aliphatic carbocycles. The summed E-state index contributed by atoms with van der Waals surface area (Å²) in [6.07, 6.45) is -0.659. The lowest BCUT2D eigenvalue weighted by atomic mass is 9.72. The molecule has 0 aromatic heterocycles. The second-order valence-corrected chi connectivity index (χ2v) is 11.5. The van der Waals surface area contributed by atoms with Crippen LogP contribution >= 0.6 is 0 Å². The van der Waals surface area contributed by atoms with Gasteiger partial charge in [0.2, 0.25) is 0 Å². The van der Waals surface area contributed by atoms with Gasteiger partial charge < -0.3 is 20.3 Å². The van der Waals surface area contributed by atoms with Crippen LogP contribution in [0.2, 0.25) is 0 Å². The molecule has 1 aromatic rings. The first-order valence-electron chi connectivity index (χ1n) is 13.1. The minimum atomic E-state index is -4.44. The molecule has 2 aliphatic heterocycles. The average Bonchev–Trinajstić information content (AvgIpc) is 3.25. The zero-order valence-electron chi connectivity index (χ0n) is 21.2. The van der Waals surface area contributed by atoms with Crippen LogP contribution in [0.5, 0.6) is 0 Å². The summed E-state index contributed by atoms with van der Waals surface area (Å²) in [7, 11) is 0. The number of likely N-dealkylation sites (tertiary alicyclic amines) is 1. The number of piperidine rings is 1. The van der Waals surface area contributed by atoms with Crippen molar-refractivity contribution in [2.24, 2.45) is 17.3 Å². The molecule has 2 saturated heterocycles. The lowest BCUT2D eigenvalue weighted by Crippen LogP contribution is -2.55. The number of rotatable bonds is 6. The standard InChI is InChI=1S/C27H41F3N2O3/c1-18(2)25(9-7-22(16-25)31-23-8-14-35-17-19(23)3)24(33)32-12-10-26(34,11-13-32)20-5-4-6-21(15-20)27(28,29)30/h4-6,15,18-19,22-24,31,33-34H,7-14,16-17H2,1-3H3/t19?,22?,23?,24-,25+/m1/s1. The second-order valence-electron chi connectivity index (χ2n) is 11.5. The summed E-state index contributed by atoms with van der Waals surface area (Å²) in [5.74, 6) is 0.749.